The minimum absolute atomic E-state index is 0.0951. The number of nitro groups is 1. The summed E-state index contributed by atoms with van der Waals surface area (Å²) in [5, 5.41) is 15.3. The van der Waals surface area contributed by atoms with Crippen LogP contribution in [-0.2, 0) is 6.54 Å². The molecular weight excluding hydrogens is 271 g/mol. The number of anilines is 1. The molecule has 1 aromatic heterocycles. The fourth-order valence-electron chi connectivity index (χ4n) is 1.53. The highest BCUT2D eigenvalue weighted by atomic mass is 32.1. The fourth-order valence-corrected chi connectivity index (χ4v) is 2.26. The molecule has 0 saturated heterocycles. The second-order valence-corrected chi connectivity index (χ2v) is 4.64. The van der Waals surface area contributed by atoms with Gasteiger partial charge in [-0.3, -0.25) is 10.1 Å². The van der Waals surface area contributed by atoms with Crippen LogP contribution in [0.5, 0.6) is 5.75 Å². The number of methoxy groups -OCH3 is 1. The van der Waals surface area contributed by atoms with Gasteiger partial charge in [-0.25, -0.2) is 4.39 Å². The van der Waals surface area contributed by atoms with E-state index in [1.807, 2.05) is 0 Å². The third-order valence-electron chi connectivity index (χ3n) is 2.47. The predicted molar refractivity (Wildman–Crippen MR) is 71.3 cm³/mol. The van der Waals surface area contributed by atoms with Crippen LogP contribution >= 0.6 is 11.3 Å². The predicted octanol–water partition coefficient (Wildman–Crippen LogP) is 3.42. The summed E-state index contributed by atoms with van der Waals surface area (Å²) >= 11 is 1.07. The molecular formula is C12H11FN2O3S. The topological polar surface area (TPSA) is 64.4 Å². The molecule has 0 spiro atoms. The van der Waals surface area contributed by atoms with E-state index in [0.29, 0.717) is 12.2 Å². The first-order valence-electron chi connectivity index (χ1n) is 5.39. The summed E-state index contributed by atoms with van der Waals surface area (Å²) in [6.45, 7) is 0.399. The second kappa shape index (κ2) is 5.66. The van der Waals surface area contributed by atoms with Crippen LogP contribution in [0.25, 0.3) is 0 Å². The first-order valence-corrected chi connectivity index (χ1v) is 6.27. The number of hydrogen-bond donors (Lipinski definition) is 1. The van der Waals surface area contributed by atoms with Gasteiger partial charge in [0.15, 0.2) is 11.6 Å². The van der Waals surface area contributed by atoms with Gasteiger partial charge in [0.05, 0.1) is 12.0 Å². The molecule has 0 atom stereocenters. The summed E-state index contributed by atoms with van der Waals surface area (Å²) in [5.41, 5.74) is 1.38. The van der Waals surface area contributed by atoms with Crippen molar-refractivity contribution in [2.45, 2.75) is 6.54 Å². The number of hydrogen-bond acceptors (Lipinski definition) is 5. The summed E-state index contributed by atoms with van der Waals surface area (Å²) in [7, 11) is 1.40. The molecule has 1 heterocycles. The Morgan fingerprint density at radius 1 is 1.47 bits per heavy atom. The van der Waals surface area contributed by atoms with Crippen molar-refractivity contribution in [1.29, 1.82) is 0 Å². The first-order chi connectivity index (χ1) is 9.10. The van der Waals surface area contributed by atoms with E-state index < -0.39 is 10.7 Å². The van der Waals surface area contributed by atoms with Crippen LogP contribution < -0.4 is 10.1 Å². The molecule has 0 bridgehead atoms. The van der Waals surface area contributed by atoms with E-state index in [2.05, 4.69) is 5.32 Å². The second-order valence-electron chi connectivity index (χ2n) is 3.75. The highest BCUT2D eigenvalue weighted by Crippen LogP contribution is 2.24. The smallest absolute Gasteiger partial charge is 0.324 e. The van der Waals surface area contributed by atoms with E-state index >= 15 is 0 Å². The maximum atomic E-state index is 13.4. The lowest BCUT2D eigenvalue weighted by Crippen LogP contribution is -1.99. The maximum Gasteiger partial charge on any atom is 0.324 e. The van der Waals surface area contributed by atoms with Gasteiger partial charge in [0, 0.05) is 29.7 Å². The van der Waals surface area contributed by atoms with E-state index in [4.69, 9.17) is 4.74 Å². The molecule has 2 rings (SSSR count). The number of ether oxygens (including phenoxy) is 1. The van der Waals surface area contributed by atoms with Crippen molar-refractivity contribution in [2.24, 2.45) is 0 Å². The van der Waals surface area contributed by atoms with Crippen LogP contribution in [0, 0.1) is 15.9 Å². The highest BCUT2D eigenvalue weighted by Gasteiger charge is 2.09. The van der Waals surface area contributed by atoms with Crippen LogP contribution in [0.3, 0.4) is 0 Å². The van der Waals surface area contributed by atoms with E-state index in [1.165, 1.54) is 25.3 Å². The molecule has 0 aliphatic heterocycles. The molecule has 1 N–H and O–H groups in total. The SMILES string of the molecule is COc1ccc(NCc2csc([N+](=O)[O-])c2)cc1F. The van der Waals surface area contributed by atoms with Gasteiger partial charge in [-0.05, 0) is 17.7 Å². The summed E-state index contributed by atoms with van der Waals surface area (Å²) < 4.78 is 18.3. The lowest BCUT2D eigenvalue weighted by molar-refractivity contribution is -0.380. The standard InChI is InChI=1S/C12H11FN2O3S/c1-18-11-3-2-9(5-10(11)13)14-6-8-4-12(15(16)17)19-7-8/h2-5,7,14H,6H2,1H3. The molecule has 7 heteroatoms. The third-order valence-corrected chi connectivity index (χ3v) is 3.40. The van der Waals surface area contributed by atoms with E-state index in [0.717, 1.165) is 16.9 Å². The van der Waals surface area contributed by atoms with Crippen molar-refractivity contribution >= 4 is 22.0 Å². The van der Waals surface area contributed by atoms with Crippen molar-refractivity contribution in [1.82, 2.24) is 0 Å². The third kappa shape index (κ3) is 3.19. The van der Waals surface area contributed by atoms with E-state index in [-0.39, 0.29) is 10.8 Å². The average molecular weight is 282 g/mol. The molecule has 19 heavy (non-hydrogen) atoms. The van der Waals surface area contributed by atoms with Crippen molar-refractivity contribution in [2.75, 3.05) is 12.4 Å². The maximum absolute atomic E-state index is 13.4. The van der Waals surface area contributed by atoms with Gasteiger partial charge in [0.2, 0.25) is 0 Å². The van der Waals surface area contributed by atoms with Crippen LogP contribution in [0.2, 0.25) is 0 Å². The summed E-state index contributed by atoms with van der Waals surface area (Å²) in [5.74, 6) is -0.277. The monoisotopic (exact) mass is 282 g/mol. The van der Waals surface area contributed by atoms with E-state index in [1.54, 1.807) is 11.4 Å². The number of benzene rings is 1. The Labute approximate surface area is 112 Å². The largest absolute Gasteiger partial charge is 0.494 e. The van der Waals surface area contributed by atoms with Crippen molar-refractivity contribution in [3.05, 3.63) is 51.1 Å². The van der Waals surface area contributed by atoms with Gasteiger partial charge in [0.25, 0.3) is 0 Å². The molecule has 0 radical (unpaired) electrons. The zero-order chi connectivity index (χ0) is 13.8. The lowest BCUT2D eigenvalue weighted by Gasteiger charge is -2.07. The Balaban J connectivity index is 2.01. The van der Waals surface area contributed by atoms with Crippen molar-refractivity contribution in [3.8, 4) is 5.75 Å². The Hall–Kier alpha value is -2.15. The molecule has 1 aromatic carbocycles. The Bertz CT molecular complexity index is 600. The zero-order valence-corrected chi connectivity index (χ0v) is 10.9. The molecule has 2 aromatic rings. The lowest BCUT2D eigenvalue weighted by atomic mass is 10.2. The number of halogens is 1. The Morgan fingerprint density at radius 2 is 2.26 bits per heavy atom. The fraction of sp³-hybridized carbons (Fsp3) is 0.167. The zero-order valence-electron chi connectivity index (χ0n) is 10.1. The summed E-state index contributed by atoms with van der Waals surface area (Å²) in [6, 6.07) is 6.02. The van der Waals surface area contributed by atoms with Crippen LogP contribution in [0.1, 0.15) is 5.56 Å². The molecule has 0 aliphatic rings. The number of rotatable bonds is 5. The van der Waals surface area contributed by atoms with Crippen LogP contribution in [-0.4, -0.2) is 12.0 Å². The quantitative estimate of drug-likeness (QED) is 0.674. The first kappa shape index (κ1) is 13.3. The van der Waals surface area contributed by atoms with Gasteiger partial charge >= 0.3 is 5.00 Å². The molecule has 5 nitrogen and oxygen atoms in total. The number of nitrogens with one attached hydrogen (secondary N) is 1. The Kier molecular flexibility index (Phi) is 3.96. The summed E-state index contributed by atoms with van der Waals surface area (Å²) in [4.78, 5) is 10.1. The van der Waals surface area contributed by atoms with E-state index in [9.17, 15) is 14.5 Å². The number of nitrogens with zero attached hydrogens (tertiary/aromatic N) is 1. The minimum atomic E-state index is -0.455. The molecule has 0 fully saturated rings. The van der Waals surface area contributed by atoms with Crippen molar-refractivity contribution < 1.29 is 14.1 Å². The van der Waals surface area contributed by atoms with Gasteiger partial charge in [-0.1, -0.05) is 11.3 Å². The molecule has 0 amide bonds. The normalized spacial score (nSPS) is 10.2. The molecule has 0 saturated carbocycles. The van der Waals surface area contributed by atoms with Gasteiger partial charge in [-0.2, -0.15) is 0 Å². The molecule has 0 unspecified atom stereocenters. The average Bonchev–Trinajstić information content (AvgIpc) is 2.85. The van der Waals surface area contributed by atoms with Gasteiger partial charge < -0.3 is 10.1 Å². The molecule has 0 aliphatic carbocycles. The number of thiophene rings is 1. The van der Waals surface area contributed by atoms with Crippen LogP contribution in [0.15, 0.2) is 29.6 Å². The van der Waals surface area contributed by atoms with Crippen molar-refractivity contribution in [3.63, 3.8) is 0 Å². The van der Waals surface area contributed by atoms with Crippen LogP contribution in [0.4, 0.5) is 15.1 Å². The Morgan fingerprint density at radius 3 is 2.84 bits per heavy atom. The van der Waals surface area contributed by atoms with Gasteiger partial charge in [-0.15, -0.1) is 0 Å². The minimum Gasteiger partial charge on any atom is -0.494 e. The highest BCUT2D eigenvalue weighted by molar-refractivity contribution is 7.13. The summed E-state index contributed by atoms with van der Waals surface area (Å²) in [6.07, 6.45) is 0. The molecule has 100 valence electrons. The van der Waals surface area contributed by atoms with Gasteiger partial charge in [0.1, 0.15) is 0 Å².